The Hall–Kier alpha value is -1.79. The number of carboxylic acids is 1. The van der Waals surface area contributed by atoms with Gasteiger partial charge in [-0.05, 0) is 25.7 Å². The first-order valence-electron chi connectivity index (χ1n) is 7.54. The van der Waals surface area contributed by atoms with Crippen molar-refractivity contribution in [3.05, 3.63) is 0 Å². The number of likely N-dealkylation sites (tertiary alicyclic amines) is 1. The lowest BCUT2D eigenvalue weighted by atomic mass is 10.1. The summed E-state index contributed by atoms with van der Waals surface area (Å²) >= 11 is 0. The molecule has 1 aliphatic rings. The second kappa shape index (κ2) is 8.49. The number of primary amides is 1. The van der Waals surface area contributed by atoms with Crippen LogP contribution in [0.3, 0.4) is 0 Å². The lowest BCUT2D eigenvalue weighted by molar-refractivity contribution is -0.139. The van der Waals surface area contributed by atoms with E-state index in [0.29, 0.717) is 6.54 Å². The van der Waals surface area contributed by atoms with Crippen molar-refractivity contribution in [2.75, 3.05) is 6.54 Å². The third-order valence-corrected chi connectivity index (χ3v) is 3.88. The summed E-state index contributed by atoms with van der Waals surface area (Å²) in [7, 11) is 0. The van der Waals surface area contributed by atoms with Gasteiger partial charge in [0.1, 0.15) is 6.04 Å². The molecular formula is C14H25N3O4. The zero-order chi connectivity index (χ0) is 15.8. The van der Waals surface area contributed by atoms with E-state index in [4.69, 9.17) is 10.8 Å². The monoisotopic (exact) mass is 299 g/mol. The van der Waals surface area contributed by atoms with Gasteiger partial charge in [0.2, 0.25) is 5.91 Å². The van der Waals surface area contributed by atoms with E-state index in [1.807, 2.05) is 6.92 Å². The summed E-state index contributed by atoms with van der Waals surface area (Å²) < 4.78 is 0. The van der Waals surface area contributed by atoms with Crippen LogP contribution in [-0.4, -0.2) is 46.5 Å². The maximum absolute atomic E-state index is 12.3. The van der Waals surface area contributed by atoms with Gasteiger partial charge in [-0.25, -0.2) is 9.59 Å². The molecule has 1 rings (SSSR count). The Morgan fingerprint density at radius 1 is 1.33 bits per heavy atom. The number of carbonyl (C=O) groups excluding carboxylic acids is 2. The molecule has 0 aromatic carbocycles. The fourth-order valence-corrected chi connectivity index (χ4v) is 2.65. The number of amides is 3. The molecule has 0 aromatic heterocycles. The van der Waals surface area contributed by atoms with Crippen LogP contribution in [0.1, 0.15) is 51.9 Å². The Balaban J connectivity index is 2.65. The number of nitrogens with one attached hydrogen (secondary N) is 1. The smallest absolute Gasteiger partial charge is 0.326 e. The maximum Gasteiger partial charge on any atom is 0.326 e. The number of carbonyl (C=O) groups is 3. The molecule has 0 aliphatic carbocycles. The van der Waals surface area contributed by atoms with Gasteiger partial charge in [0, 0.05) is 19.0 Å². The number of aliphatic carboxylic acids is 1. The van der Waals surface area contributed by atoms with Crippen LogP contribution in [0.25, 0.3) is 0 Å². The third-order valence-electron chi connectivity index (χ3n) is 3.88. The minimum atomic E-state index is -1.15. The Labute approximate surface area is 124 Å². The Kier molecular flexibility index (Phi) is 6.98. The normalized spacial score (nSPS) is 20.4. The molecule has 21 heavy (non-hydrogen) atoms. The minimum absolute atomic E-state index is 0.0149. The Morgan fingerprint density at radius 3 is 2.62 bits per heavy atom. The van der Waals surface area contributed by atoms with Gasteiger partial charge < -0.3 is 21.1 Å². The van der Waals surface area contributed by atoms with Crippen LogP contribution < -0.4 is 11.1 Å². The van der Waals surface area contributed by atoms with Crippen LogP contribution in [-0.2, 0) is 9.59 Å². The van der Waals surface area contributed by atoms with Crippen molar-refractivity contribution < 1.29 is 19.5 Å². The Bertz CT molecular complexity index is 386. The summed E-state index contributed by atoms with van der Waals surface area (Å²) in [6.07, 6.45) is 4.87. The fourth-order valence-electron chi connectivity index (χ4n) is 2.65. The van der Waals surface area contributed by atoms with Gasteiger partial charge in [0.25, 0.3) is 0 Å². The second-order valence-electron chi connectivity index (χ2n) is 5.45. The molecule has 4 N–H and O–H groups in total. The lowest BCUT2D eigenvalue weighted by Gasteiger charge is -2.30. The highest BCUT2D eigenvalue weighted by Gasteiger charge is 2.28. The first kappa shape index (κ1) is 17.3. The molecule has 120 valence electrons. The highest BCUT2D eigenvalue weighted by molar-refractivity contribution is 5.83. The van der Waals surface area contributed by atoms with E-state index in [1.165, 1.54) is 0 Å². The van der Waals surface area contributed by atoms with Crippen molar-refractivity contribution in [1.82, 2.24) is 10.2 Å². The number of urea groups is 1. The summed E-state index contributed by atoms with van der Waals surface area (Å²) in [6, 6.07) is -1.29. The molecule has 0 bridgehead atoms. The first-order valence-corrected chi connectivity index (χ1v) is 7.54. The van der Waals surface area contributed by atoms with Gasteiger partial charge in [0.15, 0.2) is 0 Å². The SMILES string of the molecule is CCC1CCCCCN1C(=O)N[C@@H](CCC(N)=O)C(=O)O. The van der Waals surface area contributed by atoms with E-state index in [0.717, 1.165) is 32.1 Å². The fraction of sp³-hybridized carbons (Fsp3) is 0.786. The summed E-state index contributed by atoms with van der Waals surface area (Å²) in [6.45, 7) is 2.67. The Morgan fingerprint density at radius 2 is 2.05 bits per heavy atom. The molecule has 2 atom stereocenters. The van der Waals surface area contributed by atoms with E-state index in [1.54, 1.807) is 4.90 Å². The summed E-state index contributed by atoms with van der Waals surface area (Å²) in [5, 5.41) is 11.6. The lowest BCUT2D eigenvalue weighted by Crippen LogP contribution is -2.51. The van der Waals surface area contributed by atoms with Crippen molar-refractivity contribution >= 4 is 17.9 Å². The second-order valence-corrected chi connectivity index (χ2v) is 5.45. The highest BCUT2D eigenvalue weighted by Crippen LogP contribution is 2.19. The zero-order valence-electron chi connectivity index (χ0n) is 12.5. The van der Waals surface area contributed by atoms with Gasteiger partial charge in [0.05, 0.1) is 0 Å². The quantitative estimate of drug-likeness (QED) is 0.680. The first-order chi connectivity index (χ1) is 9.95. The number of nitrogens with zero attached hydrogens (tertiary/aromatic N) is 1. The number of hydrogen-bond acceptors (Lipinski definition) is 3. The van der Waals surface area contributed by atoms with E-state index < -0.39 is 17.9 Å². The standard InChI is InChI=1S/C14H25N3O4/c1-2-10-6-4-3-5-9-17(10)14(21)16-11(13(19)20)7-8-12(15)18/h10-11H,2-9H2,1H3,(H2,15,18)(H,16,21)(H,19,20)/t10?,11-/m0/s1. The van der Waals surface area contributed by atoms with Crippen LogP contribution in [0.4, 0.5) is 4.79 Å². The van der Waals surface area contributed by atoms with E-state index >= 15 is 0 Å². The molecular weight excluding hydrogens is 274 g/mol. The van der Waals surface area contributed by atoms with Crippen LogP contribution >= 0.6 is 0 Å². The van der Waals surface area contributed by atoms with Gasteiger partial charge in [-0.15, -0.1) is 0 Å². The summed E-state index contributed by atoms with van der Waals surface area (Å²) in [5.74, 6) is -1.72. The predicted molar refractivity (Wildman–Crippen MR) is 77.6 cm³/mol. The van der Waals surface area contributed by atoms with Crippen LogP contribution in [0.15, 0.2) is 0 Å². The van der Waals surface area contributed by atoms with Crippen LogP contribution in [0.2, 0.25) is 0 Å². The average molecular weight is 299 g/mol. The summed E-state index contributed by atoms with van der Waals surface area (Å²) in [4.78, 5) is 36.0. The van der Waals surface area contributed by atoms with E-state index in [-0.39, 0.29) is 24.9 Å². The van der Waals surface area contributed by atoms with Gasteiger partial charge in [-0.3, -0.25) is 4.79 Å². The van der Waals surface area contributed by atoms with Crippen LogP contribution in [0, 0.1) is 0 Å². The van der Waals surface area contributed by atoms with Gasteiger partial charge in [-0.2, -0.15) is 0 Å². The molecule has 0 radical (unpaired) electrons. The number of carboxylic acid groups (broad SMARTS) is 1. The van der Waals surface area contributed by atoms with Crippen molar-refractivity contribution in [3.8, 4) is 0 Å². The highest BCUT2D eigenvalue weighted by atomic mass is 16.4. The molecule has 3 amide bonds. The van der Waals surface area contributed by atoms with Gasteiger partial charge >= 0.3 is 12.0 Å². The molecule has 7 heteroatoms. The molecule has 0 spiro atoms. The largest absolute Gasteiger partial charge is 0.480 e. The van der Waals surface area contributed by atoms with E-state index in [9.17, 15) is 14.4 Å². The molecule has 1 fully saturated rings. The minimum Gasteiger partial charge on any atom is -0.480 e. The molecule has 1 heterocycles. The van der Waals surface area contributed by atoms with Crippen molar-refractivity contribution in [1.29, 1.82) is 0 Å². The third kappa shape index (κ3) is 5.61. The van der Waals surface area contributed by atoms with Gasteiger partial charge in [-0.1, -0.05) is 19.8 Å². The molecule has 1 unspecified atom stereocenters. The molecule has 0 saturated carbocycles. The predicted octanol–water partition coefficient (Wildman–Crippen LogP) is 1.07. The zero-order valence-corrected chi connectivity index (χ0v) is 12.5. The summed E-state index contributed by atoms with van der Waals surface area (Å²) in [5.41, 5.74) is 5.02. The van der Waals surface area contributed by atoms with Crippen LogP contribution in [0.5, 0.6) is 0 Å². The van der Waals surface area contributed by atoms with Crippen molar-refractivity contribution in [3.63, 3.8) is 0 Å². The molecule has 1 aliphatic heterocycles. The number of rotatable bonds is 6. The number of nitrogens with two attached hydrogens (primary N) is 1. The molecule has 7 nitrogen and oxygen atoms in total. The number of hydrogen-bond donors (Lipinski definition) is 3. The van der Waals surface area contributed by atoms with E-state index in [2.05, 4.69) is 5.32 Å². The van der Waals surface area contributed by atoms with Crippen molar-refractivity contribution in [2.45, 2.75) is 64.0 Å². The topological polar surface area (TPSA) is 113 Å². The average Bonchev–Trinajstić information content (AvgIpc) is 2.67. The molecule has 0 aromatic rings. The maximum atomic E-state index is 12.3. The van der Waals surface area contributed by atoms with Crippen molar-refractivity contribution in [2.24, 2.45) is 5.73 Å². The molecule has 1 saturated heterocycles.